The van der Waals surface area contributed by atoms with Gasteiger partial charge in [-0.05, 0) is 12.8 Å². The number of rotatable bonds is 1. The Hall–Kier alpha value is -0.610. The molecule has 1 N–H and O–H groups in total. The van der Waals surface area contributed by atoms with Crippen molar-refractivity contribution >= 4 is 5.97 Å². The first-order valence-corrected chi connectivity index (χ1v) is 4.19. The van der Waals surface area contributed by atoms with Gasteiger partial charge < -0.3 is 14.6 Å². The Balaban J connectivity index is 2.02. The third kappa shape index (κ3) is 1.11. The quantitative estimate of drug-likeness (QED) is 0.558. The van der Waals surface area contributed by atoms with Crippen molar-refractivity contribution in [3.8, 4) is 0 Å². The van der Waals surface area contributed by atoms with E-state index in [0.29, 0.717) is 0 Å². The highest BCUT2D eigenvalue weighted by Crippen LogP contribution is 2.36. The first kappa shape index (κ1) is 8.01. The summed E-state index contributed by atoms with van der Waals surface area (Å²) in [6.45, 7) is 1.35. The molecule has 2 aliphatic heterocycles. The second-order valence-electron chi connectivity index (χ2n) is 3.35. The largest absolute Gasteiger partial charge is 0.457 e. The number of hydrogen-bond donors (Lipinski definition) is 1. The highest BCUT2D eigenvalue weighted by molar-refractivity contribution is 5.66. The van der Waals surface area contributed by atoms with E-state index in [1.807, 2.05) is 0 Å². The van der Waals surface area contributed by atoms with Crippen LogP contribution >= 0.6 is 0 Å². The molecule has 0 aromatic carbocycles. The molecule has 4 atom stereocenters. The maximum Gasteiger partial charge on any atom is 0.303 e. The van der Waals surface area contributed by atoms with Crippen molar-refractivity contribution < 1.29 is 19.4 Å². The van der Waals surface area contributed by atoms with Crippen LogP contribution in [0.2, 0.25) is 0 Å². The molecule has 2 fully saturated rings. The third-order valence-corrected chi connectivity index (χ3v) is 2.47. The summed E-state index contributed by atoms with van der Waals surface area (Å²) in [5.41, 5.74) is 0. The molecule has 2 saturated heterocycles. The Bertz CT molecular complexity index is 201. The summed E-state index contributed by atoms with van der Waals surface area (Å²) in [5, 5.41) is 9.53. The van der Waals surface area contributed by atoms with Crippen LogP contribution in [-0.2, 0) is 14.3 Å². The summed E-state index contributed by atoms with van der Waals surface area (Å²) in [6, 6.07) is 0. The van der Waals surface area contributed by atoms with E-state index in [9.17, 15) is 9.90 Å². The summed E-state index contributed by atoms with van der Waals surface area (Å²) in [7, 11) is 0. The van der Waals surface area contributed by atoms with Crippen LogP contribution in [-0.4, -0.2) is 35.5 Å². The van der Waals surface area contributed by atoms with Crippen LogP contribution in [0.25, 0.3) is 0 Å². The van der Waals surface area contributed by atoms with Gasteiger partial charge in [-0.3, -0.25) is 4.79 Å². The summed E-state index contributed by atoms with van der Waals surface area (Å²) >= 11 is 0. The van der Waals surface area contributed by atoms with E-state index in [1.165, 1.54) is 6.92 Å². The van der Waals surface area contributed by atoms with Crippen molar-refractivity contribution in [1.82, 2.24) is 0 Å². The number of fused-ring (bicyclic) bond motifs is 2. The SMILES string of the molecule is CC(=O)OC1C2CC[C@H](O2)C1O. The minimum absolute atomic E-state index is 0.0751. The lowest BCUT2D eigenvalue weighted by Gasteiger charge is -2.22. The van der Waals surface area contributed by atoms with E-state index in [1.54, 1.807) is 0 Å². The monoisotopic (exact) mass is 172 g/mol. The van der Waals surface area contributed by atoms with Crippen molar-refractivity contribution in [2.24, 2.45) is 0 Å². The van der Waals surface area contributed by atoms with E-state index in [2.05, 4.69) is 0 Å². The summed E-state index contributed by atoms with van der Waals surface area (Å²) in [5.74, 6) is -0.352. The van der Waals surface area contributed by atoms with Crippen LogP contribution in [0.5, 0.6) is 0 Å². The van der Waals surface area contributed by atoms with Gasteiger partial charge >= 0.3 is 5.97 Å². The van der Waals surface area contributed by atoms with Gasteiger partial charge in [0.25, 0.3) is 0 Å². The minimum Gasteiger partial charge on any atom is -0.457 e. The predicted octanol–water partition coefficient (Wildman–Crippen LogP) is -0.160. The number of aliphatic hydroxyl groups excluding tert-OH is 1. The third-order valence-electron chi connectivity index (χ3n) is 2.47. The highest BCUT2D eigenvalue weighted by atomic mass is 16.6. The first-order chi connectivity index (χ1) is 5.68. The zero-order valence-corrected chi connectivity index (χ0v) is 6.90. The standard InChI is InChI=1S/C8H12O4/c1-4(9)11-8-6-3-2-5(12-6)7(8)10/h5-8,10H,2-3H2,1H3/t5-,6?,7?,8?/m0/s1. The highest BCUT2D eigenvalue weighted by Gasteiger charge is 2.50. The molecule has 3 unspecified atom stereocenters. The Morgan fingerprint density at radius 3 is 2.67 bits per heavy atom. The average Bonchev–Trinajstić information content (AvgIpc) is 2.53. The van der Waals surface area contributed by atoms with Crippen LogP contribution in [0, 0.1) is 0 Å². The maximum atomic E-state index is 10.6. The molecule has 2 bridgehead atoms. The fraction of sp³-hybridized carbons (Fsp3) is 0.875. The molecule has 0 spiro atoms. The van der Waals surface area contributed by atoms with Gasteiger partial charge in [0.1, 0.15) is 6.10 Å². The van der Waals surface area contributed by atoms with E-state index >= 15 is 0 Å². The van der Waals surface area contributed by atoms with Gasteiger partial charge in [-0.25, -0.2) is 0 Å². The molecule has 4 nitrogen and oxygen atoms in total. The van der Waals surface area contributed by atoms with Gasteiger partial charge in [0.05, 0.1) is 12.2 Å². The van der Waals surface area contributed by atoms with Crippen molar-refractivity contribution in [1.29, 1.82) is 0 Å². The van der Waals surface area contributed by atoms with Crippen LogP contribution < -0.4 is 0 Å². The number of carbonyl (C=O) groups is 1. The van der Waals surface area contributed by atoms with Crippen LogP contribution in [0.3, 0.4) is 0 Å². The number of esters is 1. The molecule has 0 saturated carbocycles. The molecule has 0 radical (unpaired) electrons. The molecular formula is C8H12O4. The molecule has 2 rings (SSSR count). The Morgan fingerprint density at radius 1 is 1.50 bits per heavy atom. The van der Waals surface area contributed by atoms with Gasteiger partial charge in [0.15, 0.2) is 6.10 Å². The smallest absolute Gasteiger partial charge is 0.303 e. The lowest BCUT2D eigenvalue weighted by molar-refractivity contribution is -0.153. The molecule has 0 aromatic heterocycles. The summed E-state index contributed by atoms with van der Waals surface area (Å²) in [4.78, 5) is 10.6. The second kappa shape index (κ2) is 2.71. The van der Waals surface area contributed by atoms with Crippen LogP contribution in [0.1, 0.15) is 19.8 Å². The number of aliphatic hydroxyl groups is 1. The normalized spacial score (nSPS) is 44.8. The zero-order chi connectivity index (χ0) is 8.72. The molecule has 2 heterocycles. The van der Waals surface area contributed by atoms with E-state index in [-0.39, 0.29) is 18.2 Å². The van der Waals surface area contributed by atoms with E-state index in [4.69, 9.17) is 9.47 Å². The molecule has 12 heavy (non-hydrogen) atoms. The van der Waals surface area contributed by atoms with Crippen molar-refractivity contribution in [3.05, 3.63) is 0 Å². The zero-order valence-electron chi connectivity index (χ0n) is 6.90. The number of ether oxygens (including phenoxy) is 2. The lowest BCUT2D eigenvalue weighted by Crippen LogP contribution is -2.39. The topological polar surface area (TPSA) is 55.8 Å². The van der Waals surface area contributed by atoms with Crippen LogP contribution in [0.15, 0.2) is 0 Å². The lowest BCUT2D eigenvalue weighted by atomic mass is 9.95. The Morgan fingerprint density at radius 2 is 2.17 bits per heavy atom. The van der Waals surface area contributed by atoms with E-state index in [0.717, 1.165) is 12.8 Å². The number of hydrogen-bond acceptors (Lipinski definition) is 4. The van der Waals surface area contributed by atoms with Gasteiger partial charge in [-0.15, -0.1) is 0 Å². The average molecular weight is 172 g/mol. The molecule has 0 amide bonds. The molecule has 0 aromatic rings. The molecule has 4 heteroatoms. The number of carbonyl (C=O) groups excluding carboxylic acids is 1. The Kier molecular flexibility index (Phi) is 1.81. The molecule has 2 aliphatic rings. The van der Waals surface area contributed by atoms with Crippen LogP contribution in [0.4, 0.5) is 0 Å². The fourth-order valence-electron chi connectivity index (χ4n) is 1.95. The molecule has 0 aliphatic carbocycles. The predicted molar refractivity (Wildman–Crippen MR) is 39.5 cm³/mol. The van der Waals surface area contributed by atoms with Gasteiger partial charge in [0, 0.05) is 6.92 Å². The summed E-state index contributed by atoms with van der Waals surface area (Å²) in [6.07, 6.45) is 0.533. The molecule has 68 valence electrons. The summed E-state index contributed by atoms with van der Waals surface area (Å²) < 4.78 is 10.3. The van der Waals surface area contributed by atoms with Gasteiger partial charge in [-0.2, -0.15) is 0 Å². The van der Waals surface area contributed by atoms with E-state index < -0.39 is 12.2 Å². The maximum absolute atomic E-state index is 10.6. The van der Waals surface area contributed by atoms with Crippen molar-refractivity contribution in [2.45, 2.75) is 44.2 Å². The van der Waals surface area contributed by atoms with Crippen molar-refractivity contribution in [2.75, 3.05) is 0 Å². The van der Waals surface area contributed by atoms with Gasteiger partial charge in [-0.1, -0.05) is 0 Å². The minimum atomic E-state index is -0.618. The first-order valence-electron chi connectivity index (χ1n) is 4.19. The Labute approximate surface area is 70.5 Å². The fourth-order valence-corrected chi connectivity index (χ4v) is 1.95. The second-order valence-corrected chi connectivity index (χ2v) is 3.35. The van der Waals surface area contributed by atoms with Crippen molar-refractivity contribution in [3.63, 3.8) is 0 Å². The van der Waals surface area contributed by atoms with Gasteiger partial charge in [0.2, 0.25) is 0 Å². The molecular weight excluding hydrogens is 160 g/mol.